The number of H-pyrrole nitrogens is 1. The summed E-state index contributed by atoms with van der Waals surface area (Å²) in [6, 6.07) is 0. The lowest BCUT2D eigenvalue weighted by Gasteiger charge is -2.00. The molecule has 0 spiro atoms. The van der Waals surface area contributed by atoms with Crippen molar-refractivity contribution in [1.29, 1.82) is 0 Å². The number of anilines is 1. The molecule has 0 atom stereocenters. The van der Waals surface area contributed by atoms with Gasteiger partial charge < -0.3 is 15.6 Å². The van der Waals surface area contributed by atoms with Crippen LogP contribution in [0.2, 0.25) is 0 Å². The number of hydrogen-bond donors (Lipinski definition) is 3. The first-order valence-electron chi connectivity index (χ1n) is 5.08. The third-order valence-electron chi connectivity index (χ3n) is 2.27. The number of nitrogens with two attached hydrogens (primary N) is 1. The van der Waals surface area contributed by atoms with Gasteiger partial charge in [-0.15, -0.1) is 0 Å². The Labute approximate surface area is 96.6 Å². The second-order valence-electron chi connectivity index (χ2n) is 3.35. The summed E-state index contributed by atoms with van der Waals surface area (Å²) in [5.74, 6) is 0.0198. The number of aromatic nitrogens is 4. The molecule has 17 heavy (non-hydrogen) atoms. The molecule has 0 aromatic carbocycles. The average molecular weight is 236 g/mol. The van der Waals surface area contributed by atoms with Gasteiger partial charge in [0.05, 0.1) is 17.9 Å². The van der Waals surface area contributed by atoms with Crippen LogP contribution in [0, 0.1) is 0 Å². The summed E-state index contributed by atoms with van der Waals surface area (Å²) in [7, 11) is 0. The highest BCUT2D eigenvalue weighted by Gasteiger charge is 2.16. The molecule has 2 aromatic rings. The molecular weight excluding hydrogens is 224 g/mol. The molecule has 0 saturated heterocycles. The predicted octanol–water partition coefficient (Wildman–Crippen LogP) is -0.133. The normalized spacial score (nSPS) is 10.4. The second-order valence-corrected chi connectivity index (χ2v) is 3.35. The first-order valence-corrected chi connectivity index (χ1v) is 5.08. The van der Waals surface area contributed by atoms with Crippen LogP contribution in [-0.2, 0) is 13.0 Å². The molecule has 0 bridgehead atoms. The zero-order valence-corrected chi connectivity index (χ0v) is 9.23. The summed E-state index contributed by atoms with van der Waals surface area (Å²) < 4.78 is 4.54. The maximum Gasteiger partial charge on any atom is 0.274 e. The molecule has 1 amide bonds. The van der Waals surface area contributed by atoms with E-state index in [4.69, 9.17) is 5.73 Å². The molecule has 0 fully saturated rings. The molecule has 0 aliphatic heterocycles. The minimum Gasteiger partial charge on any atom is -0.395 e. The maximum absolute atomic E-state index is 11.7. The number of carbonyl (C=O) groups is 1. The van der Waals surface area contributed by atoms with Gasteiger partial charge in [-0.2, -0.15) is 10.1 Å². The van der Waals surface area contributed by atoms with Gasteiger partial charge >= 0.3 is 0 Å². The number of nitrogens with zero attached hydrogens (tertiary/aromatic N) is 3. The van der Waals surface area contributed by atoms with Gasteiger partial charge in [0.1, 0.15) is 0 Å². The summed E-state index contributed by atoms with van der Waals surface area (Å²) in [6.45, 7) is 2.09. The van der Waals surface area contributed by atoms with Crippen LogP contribution in [-0.4, -0.2) is 26.2 Å². The molecule has 0 aliphatic carbocycles. The van der Waals surface area contributed by atoms with Crippen LogP contribution in [0.5, 0.6) is 0 Å². The number of aryl methyl sites for hydroxylation is 1. The van der Waals surface area contributed by atoms with Crippen LogP contribution >= 0.6 is 0 Å². The molecule has 2 heterocycles. The summed E-state index contributed by atoms with van der Waals surface area (Å²) in [5.41, 5.74) is 7.06. The van der Waals surface area contributed by atoms with Crippen molar-refractivity contribution in [3.05, 3.63) is 23.6 Å². The van der Waals surface area contributed by atoms with E-state index in [0.29, 0.717) is 17.9 Å². The number of carbonyl (C=O) groups excluding carboxylic acids is 1. The smallest absolute Gasteiger partial charge is 0.274 e. The molecule has 4 N–H and O–H groups in total. The van der Waals surface area contributed by atoms with E-state index in [9.17, 15) is 4.79 Å². The van der Waals surface area contributed by atoms with Gasteiger partial charge in [-0.05, 0) is 6.42 Å². The minimum absolute atomic E-state index is 0.170. The number of nitrogens with one attached hydrogen (secondary N) is 2. The molecule has 8 heteroatoms. The van der Waals surface area contributed by atoms with Crippen molar-refractivity contribution in [2.24, 2.45) is 0 Å². The first-order chi connectivity index (χ1) is 8.22. The van der Waals surface area contributed by atoms with Crippen LogP contribution < -0.4 is 11.1 Å². The van der Waals surface area contributed by atoms with E-state index in [1.54, 1.807) is 0 Å². The number of aromatic amines is 1. The zero-order valence-electron chi connectivity index (χ0n) is 9.23. The van der Waals surface area contributed by atoms with Gasteiger partial charge in [0, 0.05) is 0 Å². The second kappa shape index (κ2) is 4.64. The number of amides is 1. The predicted molar refractivity (Wildman–Crippen MR) is 57.8 cm³/mol. The van der Waals surface area contributed by atoms with Gasteiger partial charge in [0.25, 0.3) is 5.91 Å². The minimum atomic E-state index is -0.372. The van der Waals surface area contributed by atoms with Crippen molar-refractivity contribution in [3.63, 3.8) is 0 Å². The maximum atomic E-state index is 11.7. The van der Waals surface area contributed by atoms with Crippen LogP contribution in [0.1, 0.15) is 28.9 Å². The Kier molecular flexibility index (Phi) is 3.03. The van der Waals surface area contributed by atoms with E-state index < -0.39 is 0 Å². The van der Waals surface area contributed by atoms with Crippen LogP contribution in [0.4, 0.5) is 5.69 Å². The number of hydrogen-bond acceptors (Lipinski definition) is 6. The van der Waals surface area contributed by atoms with Crippen LogP contribution in [0.15, 0.2) is 10.9 Å². The van der Waals surface area contributed by atoms with Crippen LogP contribution in [0.3, 0.4) is 0 Å². The molecule has 0 unspecified atom stereocenters. The molecule has 0 saturated carbocycles. The Morgan fingerprint density at radius 2 is 2.47 bits per heavy atom. The van der Waals surface area contributed by atoms with Gasteiger partial charge in [0.2, 0.25) is 6.39 Å². The van der Waals surface area contributed by atoms with Gasteiger partial charge in [-0.3, -0.25) is 9.89 Å². The van der Waals surface area contributed by atoms with Gasteiger partial charge in [0.15, 0.2) is 11.5 Å². The Hall–Kier alpha value is -2.38. The molecule has 0 aliphatic rings. The SMILES string of the molecule is CCc1[nH]nc(C(=O)NCc2ncon2)c1N. The summed E-state index contributed by atoms with van der Waals surface area (Å²) in [4.78, 5) is 15.5. The van der Waals surface area contributed by atoms with E-state index in [-0.39, 0.29) is 18.1 Å². The third-order valence-corrected chi connectivity index (χ3v) is 2.27. The third kappa shape index (κ3) is 2.25. The zero-order chi connectivity index (χ0) is 12.3. The average Bonchev–Trinajstić information content (AvgIpc) is 2.95. The van der Waals surface area contributed by atoms with E-state index in [1.807, 2.05) is 6.92 Å². The van der Waals surface area contributed by atoms with E-state index >= 15 is 0 Å². The van der Waals surface area contributed by atoms with Gasteiger partial charge in [-0.1, -0.05) is 12.1 Å². The molecule has 90 valence electrons. The molecule has 8 nitrogen and oxygen atoms in total. The monoisotopic (exact) mass is 236 g/mol. The Balaban J connectivity index is 2.02. The van der Waals surface area contributed by atoms with Crippen molar-refractivity contribution in [3.8, 4) is 0 Å². The fraction of sp³-hybridized carbons (Fsp3) is 0.333. The van der Waals surface area contributed by atoms with Crippen molar-refractivity contribution in [2.45, 2.75) is 19.9 Å². The first kappa shape index (κ1) is 11.1. The number of rotatable bonds is 4. The molecule has 2 aromatic heterocycles. The standard InChI is InChI=1S/C9H12N6O2/c1-2-5-7(10)8(14-13-5)9(16)11-3-6-12-4-17-15-6/h4H,2-3,10H2,1H3,(H,11,16)(H,13,14). The van der Waals surface area contributed by atoms with Gasteiger partial charge in [-0.25, -0.2) is 0 Å². The lowest BCUT2D eigenvalue weighted by atomic mass is 10.2. The Morgan fingerprint density at radius 3 is 3.06 bits per heavy atom. The number of nitrogen functional groups attached to an aromatic ring is 1. The quantitative estimate of drug-likeness (QED) is 0.679. The van der Waals surface area contributed by atoms with E-state index in [1.165, 1.54) is 6.39 Å². The molecule has 0 radical (unpaired) electrons. The largest absolute Gasteiger partial charge is 0.395 e. The highest BCUT2D eigenvalue weighted by atomic mass is 16.5. The van der Waals surface area contributed by atoms with Crippen molar-refractivity contribution >= 4 is 11.6 Å². The Morgan fingerprint density at radius 1 is 1.65 bits per heavy atom. The summed E-state index contributed by atoms with van der Waals surface area (Å²) >= 11 is 0. The van der Waals surface area contributed by atoms with Crippen molar-refractivity contribution in [2.75, 3.05) is 5.73 Å². The van der Waals surface area contributed by atoms with Crippen molar-refractivity contribution in [1.82, 2.24) is 25.7 Å². The fourth-order valence-corrected chi connectivity index (χ4v) is 1.34. The molecular formula is C9H12N6O2. The lowest BCUT2D eigenvalue weighted by molar-refractivity contribution is 0.0945. The topological polar surface area (TPSA) is 123 Å². The highest BCUT2D eigenvalue weighted by Crippen LogP contribution is 2.13. The van der Waals surface area contributed by atoms with Crippen molar-refractivity contribution < 1.29 is 9.32 Å². The molecule has 2 rings (SSSR count). The highest BCUT2D eigenvalue weighted by molar-refractivity contribution is 5.97. The fourth-order valence-electron chi connectivity index (χ4n) is 1.34. The van der Waals surface area contributed by atoms with E-state index in [2.05, 4.69) is 30.2 Å². The Bertz CT molecular complexity index is 504. The summed E-state index contributed by atoms with van der Waals surface area (Å²) in [5, 5.41) is 12.7. The summed E-state index contributed by atoms with van der Waals surface area (Å²) in [6.07, 6.45) is 1.89. The van der Waals surface area contributed by atoms with E-state index in [0.717, 1.165) is 5.69 Å². The lowest BCUT2D eigenvalue weighted by Crippen LogP contribution is -2.24. The van der Waals surface area contributed by atoms with Crippen LogP contribution in [0.25, 0.3) is 0 Å².